The quantitative estimate of drug-likeness (QED) is 0.273. The van der Waals surface area contributed by atoms with Gasteiger partial charge >= 0.3 is 0 Å². The molecular formula is C30H33BN2O. The van der Waals surface area contributed by atoms with Crippen LogP contribution in [0.15, 0.2) is 96.6 Å². The lowest BCUT2D eigenvalue weighted by molar-refractivity contribution is 0.393. The number of ether oxygens (including phenoxy) is 1. The molecule has 0 fully saturated rings. The maximum Gasteiger partial charge on any atom is 0.217 e. The van der Waals surface area contributed by atoms with Crippen LogP contribution in [0.2, 0.25) is 0 Å². The van der Waals surface area contributed by atoms with Crippen LogP contribution < -0.4 is 10.2 Å². The van der Waals surface area contributed by atoms with Crippen LogP contribution in [0, 0.1) is 0 Å². The van der Waals surface area contributed by atoms with Crippen molar-refractivity contribution in [1.82, 2.24) is 9.88 Å². The molecule has 0 spiro atoms. The summed E-state index contributed by atoms with van der Waals surface area (Å²) < 4.78 is 5.88. The van der Waals surface area contributed by atoms with Gasteiger partial charge in [-0.25, -0.2) is 4.98 Å². The Morgan fingerprint density at radius 3 is 2.35 bits per heavy atom. The first kappa shape index (κ1) is 23.8. The van der Waals surface area contributed by atoms with Crippen LogP contribution >= 0.6 is 0 Å². The first-order valence-corrected chi connectivity index (χ1v) is 11.9. The molecule has 0 N–H and O–H groups in total. The van der Waals surface area contributed by atoms with E-state index in [9.17, 15) is 0 Å². The largest absolute Gasteiger partial charge is 0.481 e. The molecule has 172 valence electrons. The van der Waals surface area contributed by atoms with Crippen molar-refractivity contribution < 1.29 is 4.74 Å². The van der Waals surface area contributed by atoms with Gasteiger partial charge in [0.2, 0.25) is 5.88 Å². The average molecular weight is 448 g/mol. The molecule has 34 heavy (non-hydrogen) atoms. The predicted octanol–water partition coefficient (Wildman–Crippen LogP) is 4.75. The van der Waals surface area contributed by atoms with Crippen molar-refractivity contribution in [2.24, 2.45) is 0 Å². The Hall–Kier alpha value is -3.37. The molecule has 4 aromatic rings. The summed E-state index contributed by atoms with van der Waals surface area (Å²) in [5.41, 5.74) is 7.30. The first-order valence-electron chi connectivity index (χ1n) is 11.9. The van der Waals surface area contributed by atoms with Crippen LogP contribution in [0.25, 0.3) is 10.9 Å². The average Bonchev–Trinajstić information content (AvgIpc) is 2.86. The fourth-order valence-corrected chi connectivity index (χ4v) is 4.50. The lowest BCUT2D eigenvalue weighted by Gasteiger charge is -2.25. The summed E-state index contributed by atoms with van der Waals surface area (Å²) in [6, 6.07) is 30.1. The highest BCUT2D eigenvalue weighted by Gasteiger charge is 2.24. The monoisotopic (exact) mass is 448 g/mol. The van der Waals surface area contributed by atoms with Crippen molar-refractivity contribution in [3.8, 4) is 5.88 Å². The Balaban J connectivity index is 1.85. The van der Waals surface area contributed by atoms with Crippen LogP contribution in [0.3, 0.4) is 0 Å². The SMILES string of the molecule is Bc1ccc2nc(OC)c(C(/C(=C/CN(C)C)CCc3ccccc3)c3ccccc3)cc2c1. The van der Waals surface area contributed by atoms with Crippen molar-refractivity contribution in [3.63, 3.8) is 0 Å². The zero-order valence-corrected chi connectivity index (χ0v) is 20.7. The number of aryl methyl sites for hydroxylation is 1. The Morgan fingerprint density at radius 2 is 1.68 bits per heavy atom. The second kappa shape index (κ2) is 11.2. The highest BCUT2D eigenvalue weighted by atomic mass is 16.5. The fraction of sp³-hybridized carbons (Fsp3) is 0.233. The van der Waals surface area contributed by atoms with Crippen LogP contribution in [0.1, 0.15) is 29.0 Å². The summed E-state index contributed by atoms with van der Waals surface area (Å²) in [5, 5.41) is 1.15. The molecule has 4 rings (SSSR count). The third-order valence-electron chi connectivity index (χ3n) is 6.23. The molecule has 3 nitrogen and oxygen atoms in total. The van der Waals surface area contributed by atoms with Crippen LogP contribution in [0.4, 0.5) is 0 Å². The fourth-order valence-electron chi connectivity index (χ4n) is 4.50. The molecule has 1 atom stereocenters. The predicted molar refractivity (Wildman–Crippen MR) is 146 cm³/mol. The van der Waals surface area contributed by atoms with Crippen LogP contribution in [-0.4, -0.2) is 45.5 Å². The second-order valence-corrected chi connectivity index (χ2v) is 9.15. The smallest absolute Gasteiger partial charge is 0.217 e. The summed E-state index contributed by atoms with van der Waals surface area (Å²) in [6.45, 7) is 0.885. The minimum absolute atomic E-state index is 0.0669. The van der Waals surface area contributed by atoms with Gasteiger partial charge in [0.25, 0.3) is 0 Å². The van der Waals surface area contributed by atoms with Gasteiger partial charge in [0.05, 0.1) is 12.6 Å². The third-order valence-corrected chi connectivity index (χ3v) is 6.23. The highest BCUT2D eigenvalue weighted by molar-refractivity contribution is 6.33. The van der Waals surface area contributed by atoms with E-state index in [2.05, 4.69) is 118 Å². The molecule has 0 saturated heterocycles. The van der Waals surface area contributed by atoms with E-state index in [0.29, 0.717) is 5.88 Å². The van der Waals surface area contributed by atoms with E-state index in [-0.39, 0.29) is 5.92 Å². The van der Waals surface area contributed by atoms with Crippen molar-refractivity contribution in [2.75, 3.05) is 27.7 Å². The lowest BCUT2D eigenvalue weighted by atomic mass is 9.81. The summed E-state index contributed by atoms with van der Waals surface area (Å²) in [6.07, 6.45) is 4.35. The van der Waals surface area contributed by atoms with E-state index < -0.39 is 0 Å². The summed E-state index contributed by atoms with van der Waals surface area (Å²) in [7, 11) is 8.08. The maximum atomic E-state index is 5.88. The summed E-state index contributed by atoms with van der Waals surface area (Å²) in [5.74, 6) is 0.762. The van der Waals surface area contributed by atoms with Gasteiger partial charge in [0.1, 0.15) is 7.85 Å². The van der Waals surface area contributed by atoms with Gasteiger partial charge in [0, 0.05) is 23.4 Å². The minimum Gasteiger partial charge on any atom is -0.481 e. The molecule has 0 bridgehead atoms. The molecule has 4 heteroatoms. The highest BCUT2D eigenvalue weighted by Crippen LogP contribution is 2.39. The van der Waals surface area contributed by atoms with Crippen molar-refractivity contribution >= 4 is 24.2 Å². The molecule has 0 radical (unpaired) electrons. The standard InChI is InChI=1S/C30H33BN2O/c1-33(2)19-18-24(15-14-22-10-6-4-7-11-22)29(23-12-8-5-9-13-23)27-21-25-20-26(31)16-17-28(25)32-30(27)34-3/h4-13,16-18,20-21,29H,14-15,19,31H2,1-3H3/b24-18+. The summed E-state index contributed by atoms with van der Waals surface area (Å²) >= 11 is 0. The van der Waals surface area contributed by atoms with Crippen LogP contribution in [0.5, 0.6) is 5.88 Å². The van der Waals surface area contributed by atoms with Gasteiger partial charge in [0.15, 0.2) is 0 Å². The van der Waals surface area contributed by atoms with E-state index in [1.165, 1.54) is 22.2 Å². The third kappa shape index (κ3) is 5.76. The Morgan fingerprint density at radius 1 is 0.971 bits per heavy atom. The maximum absolute atomic E-state index is 5.88. The molecule has 1 aromatic heterocycles. The van der Waals surface area contributed by atoms with E-state index in [0.717, 1.165) is 35.9 Å². The zero-order valence-electron chi connectivity index (χ0n) is 20.7. The number of hydrogen-bond acceptors (Lipinski definition) is 3. The zero-order chi connectivity index (χ0) is 23.9. The van der Waals surface area contributed by atoms with Crippen molar-refractivity contribution in [1.29, 1.82) is 0 Å². The molecule has 0 aliphatic rings. The van der Waals surface area contributed by atoms with Gasteiger partial charge in [-0.1, -0.05) is 89.9 Å². The number of hydrogen-bond donors (Lipinski definition) is 0. The Labute approximate surface area is 204 Å². The number of fused-ring (bicyclic) bond motifs is 1. The molecule has 0 saturated carbocycles. The van der Waals surface area contributed by atoms with Crippen molar-refractivity contribution in [2.45, 2.75) is 18.8 Å². The van der Waals surface area contributed by atoms with E-state index >= 15 is 0 Å². The number of methoxy groups -OCH3 is 1. The van der Waals surface area contributed by atoms with Crippen LogP contribution in [-0.2, 0) is 6.42 Å². The Bertz CT molecular complexity index is 1250. The summed E-state index contributed by atoms with van der Waals surface area (Å²) in [4.78, 5) is 7.13. The van der Waals surface area contributed by atoms with Gasteiger partial charge in [-0.3, -0.25) is 0 Å². The minimum atomic E-state index is 0.0669. The number of benzene rings is 3. The Kier molecular flexibility index (Phi) is 7.82. The lowest BCUT2D eigenvalue weighted by Crippen LogP contribution is -2.15. The molecule has 0 amide bonds. The molecule has 0 aliphatic carbocycles. The van der Waals surface area contributed by atoms with Gasteiger partial charge in [-0.2, -0.15) is 0 Å². The molecule has 0 aliphatic heterocycles. The van der Waals surface area contributed by atoms with Crippen molar-refractivity contribution in [3.05, 3.63) is 113 Å². The van der Waals surface area contributed by atoms with Gasteiger partial charge < -0.3 is 9.64 Å². The number of allylic oxidation sites excluding steroid dienone is 1. The number of pyridine rings is 1. The van der Waals surface area contributed by atoms with E-state index in [4.69, 9.17) is 9.72 Å². The molecule has 3 aromatic carbocycles. The second-order valence-electron chi connectivity index (χ2n) is 9.15. The van der Waals surface area contributed by atoms with Gasteiger partial charge in [-0.05, 0) is 50.2 Å². The number of likely N-dealkylation sites (N-methyl/N-ethyl adjacent to an activating group) is 1. The number of rotatable bonds is 9. The topological polar surface area (TPSA) is 25.4 Å². The molecule has 1 unspecified atom stereocenters. The van der Waals surface area contributed by atoms with E-state index in [1.807, 2.05) is 0 Å². The molecular weight excluding hydrogens is 415 g/mol. The van der Waals surface area contributed by atoms with Gasteiger partial charge in [-0.15, -0.1) is 0 Å². The number of nitrogens with zero attached hydrogens (tertiary/aromatic N) is 2. The normalized spacial score (nSPS) is 12.8. The molecule has 1 heterocycles. The number of aromatic nitrogens is 1. The van der Waals surface area contributed by atoms with E-state index in [1.54, 1.807) is 7.11 Å². The first-order chi connectivity index (χ1) is 16.5.